The van der Waals surface area contributed by atoms with E-state index in [0.29, 0.717) is 16.9 Å². The van der Waals surface area contributed by atoms with Crippen LogP contribution in [0, 0.1) is 13.8 Å². The van der Waals surface area contributed by atoms with Gasteiger partial charge in [-0.3, -0.25) is 9.59 Å². The summed E-state index contributed by atoms with van der Waals surface area (Å²) < 4.78 is 10.6. The second kappa shape index (κ2) is 6.51. The van der Waals surface area contributed by atoms with Crippen molar-refractivity contribution in [2.24, 2.45) is 0 Å². The number of fused-ring (bicyclic) bond motifs is 1. The lowest BCUT2D eigenvalue weighted by atomic mass is 10.1. The molecule has 0 unspecified atom stereocenters. The van der Waals surface area contributed by atoms with Crippen molar-refractivity contribution in [1.29, 1.82) is 0 Å². The van der Waals surface area contributed by atoms with Gasteiger partial charge in [0.05, 0.1) is 0 Å². The third-order valence-corrected chi connectivity index (χ3v) is 3.42. The number of aryl methyl sites for hydroxylation is 2. The summed E-state index contributed by atoms with van der Waals surface area (Å²) in [5, 5.41) is 11.8. The van der Waals surface area contributed by atoms with Crippen molar-refractivity contribution >= 4 is 22.8 Å². The van der Waals surface area contributed by atoms with Crippen LogP contribution in [0.15, 0.2) is 27.4 Å². The zero-order valence-corrected chi connectivity index (χ0v) is 13.0. The van der Waals surface area contributed by atoms with Crippen LogP contribution in [0.3, 0.4) is 0 Å². The average molecular weight is 319 g/mol. The zero-order valence-electron chi connectivity index (χ0n) is 13.0. The summed E-state index contributed by atoms with van der Waals surface area (Å²) in [6, 6.07) is 3.83. The van der Waals surface area contributed by atoms with Crippen molar-refractivity contribution in [2.45, 2.75) is 26.8 Å². The van der Waals surface area contributed by atoms with Crippen molar-refractivity contribution in [1.82, 2.24) is 5.32 Å². The fraction of sp³-hybridized carbons (Fsp3) is 0.312. The van der Waals surface area contributed by atoms with Gasteiger partial charge in [0.25, 0.3) is 5.91 Å². The largest absolute Gasteiger partial charge is 0.483 e. The third kappa shape index (κ3) is 3.68. The van der Waals surface area contributed by atoms with Gasteiger partial charge in [-0.25, -0.2) is 4.79 Å². The third-order valence-electron chi connectivity index (χ3n) is 3.42. The van der Waals surface area contributed by atoms with E-state index in [-0.39, 0.29) is 6.61 Å². The average Bonchev–Trinajstić information content (AvgIpc) is 2.47. The molecule has 0 radical (unpaired) electrons. The van der Waals surface area contributed by atoms with E-state index < -0.39 is 23.5 Å². The smallest absolute Gasteiger partial charge is 0.336 e. The Morgan fingerprint density at radius 3 is 2.70 bits per heavy atom. The minimum absolute atomic E-state index is 0.333. The maximum absolute atomic E-state index is 11.6. The van der Waals surface area contributed by atoms with Gasteiger partial charge in [-0.1, -0.05) is 0 Å². The number of ether oxygens (including phenoxy) is 1. The Morgan fingerprint density at radius 2 is 2.04 bits per heavy atom. The molecule has 2 N–H and O–H groups in total. The van der Waals surface area contributed by atoms with Crippen molar-refractivity contribution in [3.63, 3.8) is 0 Å². The predicted molar refractivity (Wildman–Crippen MR) is 82.7 cm³/mol. The molecule has 1 atom stereocenters. The molecule has 1 amide bonds. The molecule has 7 heteroatoms. The quantitative estimate of drug-likeness (QED) is 0.806. The highest BCUT2D eigenvalue weighted by Gasteiger charge is 2.15. The Bertz CT molecular complexity index is 823. The molecule has 1 aromatic carbocycles. The number of carboxylic acids is 1. The summed E-state index contributed by atoms with van der Waals surface area (Å²) >= 11 is 0. The minimum atomic E-state index is -1.13. The number of amides is 1. The molecule has 0 spiro atoms. The molecule has 1 heterocycles. The van der Waals surface area contributed by atoms with Crippen LogP contribution < -0.4 is 15.7 Å². The number of hydrogen-bond donors (Lipinski definition) is 2. The lowest BCUT2D eigenvalue weighted by Crippen LogP contribution is -2.40. The number of carbonyl (C=O) groups is 2. The van der Waals surface area contributed by atoms with Crippen molar-refractivity contribution in [3.8, 4) is 5.75 Å². The van der Waals surface area contributed by atoms with Gasteiger partial charge in [-0.15, -0.1) is 0 Å². The number of aliphatic carboxylic acids is 1. The first-order chi connectivity index (χ1) is 10.8. The van der Waals surface area contributed by atoms with Crippen LogP contribution in [0.4, 0.5) is 0 Å². The lowest BCUT2D eigenvalue weighted by Gasteiger charge is -2.13. The summed E-state index contributed by atoms with van der Waals surface area (Å²) in [4.78, 5) is 33.8. The minimum Gasteiger partial charge on any atom is -0.483 e. The van der Waals surface area contributed by atoms with Crippen LogP contribution in [0.1, 0.15) is 18.1 Å². The Hall–Kier alpha value is -2.83. The van der Waals surface area contributed by atoms with E-state index in [0.717, 1.165) is 10.9 Å². The summed E-state index contributed by atoms with van der Waals surface area (Å²) in [5.41, 5.74) is 1.34. The molecule has 0 saturated heterocycles. The number of carbonyl (C=O) groups excluding carboxylic acids is 1. The van der Waals surface area contributed by atoms with E-state index in [4.69, 9.17) is 14.3 Å². The molecular weight excluding hydrogens is 302 g/mol. The summed E-state index contributed by atoms with van der Waals surface area (Å²) in [6.07, 6.45) is 0. The highest BCUT2D eigenvalue weighted by atomic mass is 16.5. The number of rotatable bonds is 5. The maximum atomic E-state index is 11.6. The number of benzene rings is 1. The van der Waals surface area contributed by atoms with Crippen LogP contribution in [-0.4, -0.2) is 29.6 Å². The summed E-state index contributed by atoms with van der Waals surface area (Å²) in [5.74, 6) is -1.29. The molecule has 23 heavy (non-hydrogen) atoms. The molecule has 0 saturated carbocycles. The van der Waals surface area contributed by atoms with Gasteiger partial charge < -0.3 is 19.6 Å². The van der Waals surface area contributed by atoms with Crippen LogP contribution in [0.2, 0.25) is 0 Å². The monoisotopic (exact) mass is 319 g/mol. The fourth-order valence-electron chi connectivity index (χ4n) is 2.14. The van der Waals surface area contributed by atoms with Gasteiger partial charge >= 0.3 is 11.6 Å². The number of carboxylic acid groups (broad SMARTS) is 1. The predicted octanol–water partition coefficient (Wildman–Crippen LogP) is 1.38. The molecule has 7 nitrogen and oxygen atoms in total. The topological polar surface area (TPSA) is 106 Å². The molecule has 0 aliphatic carbocycles. The van der Waals surface area contributed by atoms with E-state index in [9.17, 15) is 14.4 Å². The second-order valence-corrected chi connectivity index (χ2v) is 5.23. The van der Waals surface area contributed by atoms with Gasteiger partial charge in [0.15, 0.2) is 6.61 Å². The summed E-state index contributed by atoms with van der Waals surface area (Å²) in [6.45, 7) is 4.55. The highest BCUT2D eigenvalue weighted by Crippen LogP contribution is 2.27. The second-order valence-electron chi connectivity index (χ2n) is 5.23. The van der Waals surface area contributed by atoms with Crippen molar-refractivity contribution < 1.29 is 23.8 Å². The first kappa shape index (κ1) is 16.5. The first-order valence-electron chi connectivity index (χ1n) is 6.98. The molecular formula is C16H17NO6. The lowest BCUT2D eigenvalue weighted by molar-refractivity contribution is -0.141. The standard InChI is InChI=1S/C16H17NO6/c1-8-6-14(19)23-15-9(2)12(5-4-11(8)15)22-7-13(18)17-10(3)16(20)21/h4-6,10H,7H2,1-3H3,(H,17,18)(H,20,21)/t10-/m0/s1. The Kier molecular flexibility index (Phi) is 4.68. The first-order valence-corrected chi connectivity index (χ1v) is 6.98. The van der Waals surface area contributed by atoms with Gasteiger partial charge in [0.2, 0.25) is 0 Å². The Morgan fingerprint density at radius 1 is 1.35 bits per heavy atom. The zero-order chi connectivity index (χ0) is 17.1. The van der Waals surface area contributed by atoms with Crippen molar-refractivity contribution in [2.75, 3.05) is 6.61 Å². The normalized spacial score (nSPS) is 12.0. The van der Waals surface area contributed by atoms with Crippen LogP contribution >= 0.6 is 0 Å². The maximum Gasteiger partial charge on any atom is 0.336 e. The molecule has 1 aromatic heterocycles. The molecule has 122 valence electrons. The van der Waals surface area contributed by atoms with Gasteiger partial charge in [0.1, 0.15) is 17.4 Å². The molecule has 0 aliphatic rings. The van der Waals surface area contributed by atoms with Crippen LogP contribution in [-0.2, 0) is 9.59 Å². The Balaban J connectivity index is 2.18. The fourth-order valence-corrected chi connectivity index (χ4v) is 2.14. The van der Waals surface area contributed by atoms with Crippen molar-refractivity contribution in [3.05, 3.63) is 39.7 Å². The highest BCUT2D eigenvalue weighted by molar-refractivity contribution is 5.86. The molecule has 2 aromatic rings. The van der Waals surface area contributed by atoms with E-state index in [2.05, 4.69) is 5.32 Å². The van der Waals surface area contributed by atoms with Crippen LogP contribution in [0.25, 0.3) is 11.0 Å². The summed E-state index contributed by atoms with van der Waals surface area (Å²) in [7, 11) is 0. The number of hydrogen-bond acceptors (Lipinski definition) is 5. The molecule has 0 aliphatic heterocycles. The van der Waals surface area contributed by atoms with Crippen LogP contribution in [0.5, 0.6) is 5.75 Å². The van der Waals surface area contributed by atoms with Gasteiger partial charge in [-0.05, 0) is 38.5 Å². The molecule has 0 bridgehead atoms. The van der Waals surface area contributed by atoms with E-state index in [1.54, 1.807) is 26.0 Å². The Labute approximate surface area is 131 Å². The van der Waals surface area contributed by atoms with E-state index >= 15 is 0 Å². The van der Waals surface area contributed by atoms with Gasteiger partial charge in [0, 0.05) is 17.0 Å². The van der Waals surface area contributed by atoms with Gasteiger partial charge in [-0.2, -0.15) is 0 Å². The SMILES string of the molecule is Cc1cc(=O)oc2c(C)c(OCC(=O)N[C@@H](C)C(=O)O)ccc12. The van der Waals surface area contributed by atoms with E-state index in [1.165, 1.54) is 13.0 Å². The van der Waals surface area contributed by atoms with E-state index in [1.807, 2.05) is 0 Å². The molecule has 0 fully saturated rings. The molecule has 2 rings (SSSR count). The number of nitrogens with one attached hydrogen (secondary N) is 1.